The Kier molecular flexibility index (Phi) is 6.83. The molecule has 0 saturated carbocycles. The van der Waals surface area contributed by atoms with Gasteiger partial charge in [-0.25, -0.2) is 14.4 Å². The molecule has 4 aromatic rings. The van der Waals surface area contributed by atoms with Gasteiger partial charge in [-0.05, 0) is 55.8 Å². The number of anilines is 2. The van der Waals surface area contributed by atoms with Crippen LogP contribution in [0.5, 0.6) is 0 Å². The largest absolute Gasteiger partial charge is 0.416 e. The Balaban J connectivity index is 1.79. The Hall–Kier alpha value is -3.77. The van der Waals surface area contributed by atoms with E-state index in [-0.39, 0.29) is 24.6 Å². The Morgan fingerprint density at radius 1 is 1.03 bits per heavy atom. The number of hydrogen-bond acceptors (Lipinski definition) is 7. The van der Waals surface area contributed by atoms with Crippen LogP contribution >= 0.6 is 0 Å². The fourth-order valence-corrected chi connectivity index (χ4v) is 4.10. The predicted octanol–water partition coefficient (Wildman–Crippen LogP) is 4.10. The first-order valence-electron chi connectivity index (χ1n) is 11.4. The van der Waals surface area contributed by atoms with Gasteiger partial charge in [-0.3, -0.25) is 0 Å². The van der Waals surface area contributed by atoms with Crippen molar-refractivity contribution in [1.29, 1.82) is 0 Å². The lowest BCUT2D eigenvalue weighted by molar-refractivity contribution is -0.137. The van der Waals surface area contributed by atoms with Crippen LogP contribution in [0.15, 0.2) is 24.3 Å². The van der Waals surface area contributed by atoms with Crippen LogP contribution in [0.4, 0.5) is 29.3 Å². The molecule has 36 heavy (non-hydrogen) atoms. The van der Waals surface area contributed by atoms with Gasteiger partial charge < -0.3 is 14.4 Å². The highest BCUT2D eigenvalue weighted by molar-refractivity contribution is 5.76. The van der Waals surface area contributed by atoms with Crippen molar-refractivity contribution in [3.8, 4) is 0 Å². The van der Waals surface area contributed by atoms with Crippen LogP contribution < -0.4 is 9.80 Å². The summed E-state index contributed by atoms with van der Waals surface area (Å²) in [7, 11) is 3.49. The summed E-state index contributed by atoms with van der Waals surface area (Å²) in [6, 6.07) is 4.40. The van der Waals surface area contributed by atoms with Gasteiger partial charge >= 0.3 is 6.18 Å². The summed E-state index contributed by atoms with van der Waals surface area (Å²) in [5.41, 5.74) is 1.29. The van der Waals surface area contributed by atoms with E-state index in [9.17, 15) is 17.6 Å². The van der Waals surface area contributed by atoms with E-state index in [1.54, 1.807) is 11.9 Å². The number of aromatic nitrogens is 7. The SMILES string of the molecule is CCN(C)c1nc2c(cc1CN(Cc1cc(F)cc(C(F)(F)F)c1)c1nnn(C)n1)nc(C)n2CC. The number of rotatable bonds is 8. The van der Waals surface area contributed by atoms with Gasteiger partial charge in [0, 0.05) is 32.2 Å². The lowest BCUT2D eigenvalue weighted by Crippen LogP contribution is -2.27. The zero-order valence-electron chi connectivity index (χ0n) is 20.7. The maximum absolute atomic E-state index is 14.1. The third kappa shape index (κ3) is 5.09. The van der Waals surface area contributed by atoms with E-state index < -0.39 is 17.6 Å². The number of alkyl halides is 3. The van der Waals surface area contributed by atoms with Gasteiger partial charge in [0.15, 0.2) is 5.65 Å². The second-order valence-corrected chi connectivity index (χ2v) is 8.51. The highest BCUT2D eigenvalue weighted by Crippen LogP contribution is 2.32. The molecule has 0 aliphatic heterocycles. The van der Waals surface area contributed by atoms with Crippen LogP contribution in [0, 0.1) is 12.7 Å². The number of hydrogen-bond donors (Lipinski definition) is 0. The van der Waals surface area contributed by atoms with Crippen molar-refractivity contribution >= 4 is 22.9 Å². The molecule has 0 bridgehead atoms. The standard InChI is InChI=1S/C23H27F4N9/c1-6-33(4)20-16(10-19-21(29-20)36(7-2)14(3)28-19)13-35(22-30-32-34(5)31-22)12-15-8-17(23(25,26)27)11-18(24)9-15/h8-11H,6-7,12-13H2,1-5H3. The Bertz CT molecular complexity index is 1380. The molecule has 0 atom stereocenters. The molecule has 13 heteroatoms. The quantitative estimate of drug-likeness (QED) is 0.334. The van der Waals surface area contributed by atoms with Crippen LogP contribution in [0.3, 0.4) is 0 Å². The van der Waals surface area contributed by atoms with E-state index in [0.29, 0.717) is 30.5 Å². The summed E-state index contributed by atoms with van der Waals surface area (Å²) in [5.74, 6) is 0.746. The number of benzene rings is 1. The molecule has 4 rings (SSSR count). The Morgan fingerprint density at radius 3 is 2.39 bits per heavy atom. The zero-order chi connectivity index (χ0) is 26.2. The first kappa shape index (κ1) is 25.3. The molecule has 0 amide bonds. The molecule has 0 unspecified atom stereocenters. The minimum atomic E-state index is -4.67. The molecule has 0 aliphatic rings. The van der Waals surface area contributed by atoms with E-state index in [2.05, 4.69) is 20.4 Å². The molecule has 192 valence electrons. The fourth-order valence-electron chi connectivity index (χ4n) is 4.10. The molecule has 0 N–H and O–H groups in total. The molecular weight excluding hydrogens is 478 g/mol. The highest BCUT2D eigenvalue weighted by Gasteiger charge is 2.31. The molecule has 0 aliphatic carbocycles. The van der Waals surface area contributed by atoms with Gasteiger partial charge in [0.2, 0.25) is 0 Å². The number of pyridine rings is 1. The maximum atomic E-state index is 14.1. The van der Waals surface area contributed by atoms with Crippen molar-refractivity contribution in [1.82, 2.24) is 34.7 Å². The molecule has 1 aromatic carbocycles. The van der Waals surface area contributed by atoms with Crippen LogP contribution in [-0.2, 0) is 32.9 Å². The molecule has 0 fully saturated rings. The normalized spacial score (nSPS) is 11.9. The van der Waals surface area contributed by atoms with Crippen molar-refractivity contribution in [3.63, 3.8) is 0 Å². The van der Waals surface area contributed by atoms with Crippen molar-refractivity contribution in [2.75, 3.05) is 23.4 Å². The second kappa shape index (κ2) is 9.70. The zero-order valence-corrected chi connectivity index (χ0v) is 20.7. The van der Waals surface area contributed by atoms with Gasteiger partial charge in [0.25, 0.3) is 5.95 Å². The number of nitrogens with zero attached hydrogens (tertiary/aromatic N) is 9. The van der Waals surface area contributed by atoms with Crippen molar-refractivity contribution < 1.29 is 17.6 Å². The van der Waals surface area contributed by atoms with Crippen LogP contribution in [0.25, 0.3) is 11.2 Å². The highest BCUT2D eigenvalue weighted by atomic mass is 19.4. The summed E-state index contributed by atoms with van der Waals surface area (Å²) >= 11 is 0. The van der Waals surface area contributed by atoms with Gasteiger partial charge in [0.05, 0.1) is 19.2 Å². The third-order valence-corrected chi connectivity index (χ3v) is 5.92. The lowest BCUT2D eigenvalue weighted by Gasteiger charge is -2.25. The summed E-state index contributed by atoms with van der Waals surface area (Å²) in [4.78, 5) is 14.4. The van der Waals surface area contributed by atoms with Gasteiger partial charge in [-0.15, -0.1) is 5.10 Å². The molecule has 0 radical (unpaired) electrons. The first-order chi connectivity index (χ1) is 17.0. The predicted molar refractivity (Wildman–Crippen MR) is 127 cm³/mol. The monoisotopic (exact) mass is 505 g/mol. The van der Waals surface area contributed by atoms with Gasteiger partial charge in [0.1, 0.15) is 23.0 Å². The molecule has 3 aromatic heterocycles. The summed E-state index contributed by atoms with van der Waals surface area (Å²) in [5, 5.41) is 12.1. The van der Waals surface area contributed by atoms with E-state index in [4.69, 9.17) is 4.98 Å². The number of imidazole rings is 1. The molecule has 3 heterocycles. The molecule has 0 saturated heterocycles. The molecular formula is C23H27F4N9. The minimum Gasteiger partial charge on any atom is -0.360 e. The van der Waals surface area contributed by atoms with Crippen LogP contribution in [0.2, 0.25) is 0 Å². The Labute approximate surface area is 205 Å². The number of tetrazole rings is 1. The van der Waals surface area contributed by atoms with Crippen LogP contribution in [0.1, 0.15) is 36.4 Å². The number of fused-ring (bicyclic) bond motifs is 1. The average molecular weight is 506 g/mol. The van der Waals surface area contributed by atoms with E-state index in [0.717, 1.165) is 29.2 Å². The summed E-state index contributed by atoms with van der Waals surface area (Å²) in [6.45, 7) is 7.40. The molecule has 9 nitrogen and oxygen atoms in total. The van der Waals surface area contributed by atoms with Crippen molar-refractivity contribution in [2.45, 2.75) is 46.6 Å². The summed E-state index contributed by atoms with van der Waals surface area (Å²) < 4.78 is 56.1. The fraction of sp³-hybridized carbons (Fsp3) is 0.435. The third-order valence-electron chi connectivity index (χ3n) is 5.92. The maximum Gasteiger partial charge on any atom is 0.416 e. The van der Waals surface area contributed by atoms with Crippen molar-refractivity contribution in [3.05, 3.63) is 52.6 Å². The van der Waals surface area contributed by atoms with E-state index >= 15 is 0 Å². The summed E-state index contributed by atoms with van der Waals surface area (Å²) in [6.07, 6.45) is -4.67. The molecule has 0 spiro atoms. The smallest absolute Gasteiger partial charge is 0.360 e. The van der Waals surface area contributed by atoms with Gasteiger partial charge in [-0.1, -0.05) is 5.10 Å². The number of aryl methyl sites for hydroxylation is 3. The Morgan fingerprint density at radius 2 is 1.78 bits per heavy atom. The second-order valence-electron chi connectivity index (χ2n) is 8.51. The topological polar surface area (TPSA) is 80.8 Å². The first-order valence-corrected chi connectivity index (χ1v) is 11.4. The lowest BCUT2D eigenvalue weighted by atomic mass is 10.1. The van der Waals surface area contributed by atoms with Gasteiger partial charge in [-0.2, -0.15) is 18.0 Å². The van der Waals surface area contributed by atoms with Crippen molar-refractivity contribution in [2.24, 2.45) is 7.05 Å². The minimum absolute atomic E-state index is 0.0811. The average Bonchev–Trinajstić information content (AvgIpc) is 3.38. The van der Waals surface area contributed by atoms with Crippen LogP contribution in [-0.4, -0.2) is 48.3 Å². The van der Waals surface area contributed by atoms with E-state index in [1.165, 1.54) is 4.80 Å². The number of halogens is 4. The van der Waals surface area contributed by atoms with E-state index in [1.807, 2.05) is 43.4 Å².